The minimum atomic E-state index is -0.213. The second kappa shape index (κ2) is 8.19. The van der Waals surface area contributed by atoms with E-state index >= 15 is 0 Å². The maximum atomic E-state index is 12.2. The molecule has 0 aliphatic heterocycles. The average molecular weight is 386 g/mol. The maximum absolute atomic E-state index is 12.2. The van der Waals surface area contributed by atoms with Crippen molar-refractivity contribution in [3.8, 4) is 17.2 Å². The molecule has 4 rings (SSSR count). The number of carbonyl (C=O) groups is 1. The van der Waals surface area contributed by atoms with Crippen LogP contribution in [0.2, 0.25) is 0 Å². The highest BCUT2D eigenvalue weighted by Crippen LogP contribution is 2.26. The number of carbonyl (C=O) groups excluding carboxylic acids is 1. The lowest BCUT2D eigenvalue weighted by molar-refractivity contribution is -0.118. The van der Waals surface area contributed by atoms with Crippen LogP contribution in [0, 0.1) is 6.92 Å². The zero-order valence-corrected chi connectivity index (χ0v) is 16.4. The van der Waals surface area contributed by atoms with Crippen LogP contribution in [-0.2, 0) is 11.2 Å². The lowest BCUT2D eigenvalue weighted by Crippen LogP contribution is -2.20. The highest BCUT2D eigenvalue weighted by atomic mass is 16.5. The summed E-state index contributed by atoms with van der Waals surface area (Å²) >= 11 is 0. The number of anilines is 1. The van der Waals surface area contributed by atoms with Crippen LogP contribution in [0.4, 0.5) is 5.69 Å². The van der Waals surface area contributed by atoms with Crippen LogP contribution >= 0.6 is 0 Å². The minimum absolute atomic E-state index is 0.0442. The first-order chi connectivity index (χ1) is 14.1. The van der Waals surface area contributed by atoms with Crippen LogP contribution in [0.3, 0.4) is 0 Å². The molecule has 0 aliphatic rings. The van der Waals surface area contributed by atoms with Crippen molar-refractivity contribution in [3.05, 3.63) is 77.9 Å². The number of oxazole rings is 1. The van der Waals surface area contributed by atoms with Gasteiger partial charge in [0.25, 0.3) is 5.91 Å². The molecular formula is C24H22N2O3. The predicted octanol–water partition coefficient (Wildman–Crippen LogP) is 5.38. The summed E-state index contributed by atoms with van der Waals surface area (Å²) in [4.78, 5) is 16.7. The molecule has 0 bridgehead atoms. The summed E-state index contributed by atoms with van der Waals surface area (Å²) in [6.45, 7) is 4.01. The minimum Gasteiger partial charge on any atom is -0.483 e. The van der Waals surface area contributed by atoms with E-state index in [9.17, 15) is 4.79 Å². The topological polar surface area (TPSA) is 64.4 Å². The number of hydrogen-bond acceptors (Lipinski definition) is 4. The molecule has 146 valence electrons. The first kappa shape index (κ1) is 18.7. The number of para-hydroxylation sites is 1. The third kappa shape index (κ3) is 4.29. The molecule has 1 amide bonds. The van der Waals surface area contributed by atoms with Gasteiger partial charge in [-0.05, 0) is 66.9 Å². The second-order valence-electron chi connectivity index (χ2n) is 6.85. The van der Waals surface area contributed by atoms with Gasteiger partial charge in [0.1, 0.15) is 11.3 Å². The Balaban J connectivity index is 1.41. The van der Waals surface area contributed by atoms with Crippen molar-refractivity contribution < 1.29 is 13.9 Å². The van der Waals surface area contributed by atoms with Gasteiger partial charge in [-0.1, -0.05) is 31.2 Å². The van der Waals surface area contributed by atoms with Gasteiger partial charge in [-0.25, -0.2) is 4.98 Å². The van der Waals surface area contributed by atoms with Crippen molar-refractivity contribution in [2.75, 3.05) is 11.9 Å². The molecule has 0 radical (unpaired) electrons. The molecule has 5 nitrogen and oxygen atoms in total. The van der Waals surface area contributed by atoms with Gasteiger partial charge in [-0.15, -0.1) is 0 Å². The van der Waals surface area contributed by atoms with Gasteiger partial charge in [0, 0.05) is 11.3 Å². The van der Waals surface area contributed by atoms with E-state index < -0.39 is 0 Å². The van der Waals surface area contributed by atoms with Gasteiger partial charge in [-0.2, -0.15) is 0 Å². The molecule has 1 N–H and O–H groups in total. The Hall–Kier alpha value is -3.60. The molecule has 4 aromatic rings. The molecule has 0 aliphatic carbocycles. The fraction of sp³-hybridized carbons (Fsp3) is 0.167. The molecule has 0 spiro atoms. The van der Waals surface area contributed by atoms with E-state index in [1.807, 2.05) is 67.6 Å². The standard InChI is InChI=1S/C24H22N2O3/c1-3-17-8-13-22-20(14-17)26-24(29-22)18-9-11-19(12-10-18)25-23(27)15-28-21-7-5-4-6-16(21)2/h4-14H,3,15H2,1-2H3,(H,25,27). The van der Waals surface area contributed by atoms with Crippen molar-refractivity contribution in [1.29, 1.82) is 0 Å². The zero-order valence-electron chi connectivity index (χ0n) is 16.4. The number of nitrogens with one attached hydrogen (secondary N) is 1. The van der Waals surface area contributed by atoms with E-state index in [1.54, 1.807) is 0 Å². The summed E-state index contributed by atoms with van der Waals surface area (Å²) in [6, 6.07) is 21.1. The molecule has 0 saturated heterocycles. The van der Waals surface area contributed by atoms with Crippen LogP contribution in [-0.4, -0.2) is 17.5 Å². The molecule has 0 saturated carbocycles. The Labute approximate surface area is 169 Å². The van der Waals surface area contributed by atoms with Crippen LogP contribution in [0.1, 0.15) is 18.1 Å². The first-order valence-electron chi connectivity index (χ1n) is 9.60. The summed E-state index contributed by atoms with van der Waals surface area (Å²) in [7, 11) is 0. The largest absolute Gasteiger partial charge is 0.483 e. The number of amides is 1. The van der Waals surface area contributed by atoms with Crippen molar-refractivity contribution in [2.24, 2.45) is 0 Å². The summed E-state index contributed by atoms with van der Waals surface area (Å²) in [5.74, 6) is 1.06. The van der Waals surface area contributed by atoms with E-state index in [0.29, 0.717) is 17.3 Å². The Bertz CT molecular complexity index is 1150. The van der Waals surface area contributed by atoms with E-state index in [-0.39, 0.29) is 12.5 Å². The molecule has 0 unspecified atom stereocenters. The monoisotopic (exact) mass is 386 g/mol. The van der Waals surface area contributed by atoms with E-state index in [4.69, 9.17) is 9.15 Å². The van der Waals surface area contributed by atoms with Crippen LogP contribution in [0.25, 0.3) is 22.6 Å². The first-order valence-corrected chi connectivity index (χ1v) is 9.60. The number of aromatic nitrogens is 1. The fourth-order valence-corrected chi connectivity index (χ4v) is 3.07. The zero-order chi connectivity index (χ0) is 20.2. The normalized spacial score (nSPS) is 10.8. The Morgan fingerprint density at radius 2 is 1.86 bits per heavy atom. The van der Waals surface area contributed by atoms with E-state index in [2.05, 4.69) is 23.3 Å². The lowest BCUT2D eigenvalue weighted by atomic mass is 10.1. The number of nitrogens with zero attached hydrogens (tertiary/aromatic N) is 1. The fourth-order valence-electron chi connectivity index (χ4n) is 3.07. The number of hydrogen-bond donors (Lipinski definition) is 1. The van der Waals surface area contributed by atoms with Crippen LogP contribution in [0.5, 0.6) is 5.75 Å². The summed E-state index contributed by atoms with van der Waals surface area (Å²) in [5.41, 5.74) is 5.38. The van der Waals surface area contributed by atoms with Crippen molar-refractivity contribution in [2.45, 2.75) is 20.3 Å². The molecule has 29 heavy (non-hydrogen) atoms. The van der Waals surface area contributed by atoms with Crippen molar-refractivity contribution in [1.82, 2.24) is 4.98 Å². The highest BCUT2D eigenvalue weighted by molar-refractivity contribution is 5.92. The average Bonchev–Trinajstić information content (AvgIpc) is 3.17. The molecule has 1 heterocycles. The number of ether oxygens (including phenoxy) is 1. The smallest absolute Gasteiger partial charge is 0.262 e. The number of aryl methyl sites for hydroxylation is 2. The van der Waals surface area contributed by atoms with Crippen molar-refractivity contribution in [3.63, 3.8) is 0 Å². The highest BCUT2D eigenvalue weighted by Gasteiger charge is 2.10. The maximum Gasteiger partial charge on any atom is 0.262 e. The summed E-state index contributed by atoms with van der Waals surface area (Å²) in [5, 5.41) is 2.84. The Morgan fingerprint density at radius 3 is 2.62 bits per heavy atom. The van der Waals surface area contributed by atoms with Crippen LogP contribution in [0.15, 0.2) is 71.1 Å². The van der Waals surface area contributed by atoms with Crippen molar-refractivity contribution >= 4 is 22.7 Å². The predicted molar refractivity (Wildman–Crippen MR) is 114 cm³/mol. The van der Waals surface area contributed by atoms with Gasteiger partial charge < -0.3 is 14.5 Å². The molecule has 5 heteroatoms. The third-order valence-electron chi connectivity index (χ3n) is 4.73. The lowest BCUT2D eigenvalue weighted by Gasteiger charge is -2.09. The summed E-state index contributed by atoms with van der Waals surface area (Å²) in [6.07, 6.45) is 0.958. The molecule has 3 aromatic carbocycles. The van der Waals surface area contributed by atoms with Gasteiger partial charge in [0.05, 0.1) is 0 Å². The van der Waals surface area contributed by atoms with Gasteiger partial charge in [0.15, 0.2) is 12.2 Å². The molecule has 0 atom stereocenters. The van der Waals surface area contributed by atoms with E-state index in [0.717, 1.165) is 28.6 Å². The SMILES string of the molecule is CCc1ccc2oc(-c3ccc(NC(=O)COc4ccccc4C)cc3)nc2c1. The third-order valence-corrected chi connectivity index (χ3v) is 4.73. The van der Waals surface area contributed by atoms with E-state index in [1.165, 1.54) is 5.56 Å². The van der Waals surface area contributed by atoms with Gasteiger partial charge >= 0.3 is 0 Å². The van der Waals surface area contributed by atoms with Gasteiger partial charge in [-0.3, -0.25) is 4.79 Å². The van der Waals surface area contributed by atoms with Crippen LogP contribution < -0.4 is 10.1 Å². The number of fused-ring (bicyclic) bond motifs is 1. The molecule has 1 aromatic heterocycles. The summed E-state index contributed by atoms with van der Waals surface area (Å²) < 4.78 is 11.4. The van der Waals surface area contributed by atoms with Gasteiger partial charge in [0.2, 0.25) is 5.89 Å². The number of rotatable bonds is 6. The number of benzene rings is 3. The molecular weight excluding hydrogens is 364 g/mol. The Kier molecular flexibility index (Phi) is 5.29. The Morgan fingerprint density at radius 1 is 1.07 bits per heavy atom. The molecule has 0 fully saturated rings. The second-order valence-corrected chi connectivity index (χ2v) is 6.85. The quantitative estimate of drug-likeness (QED) is 0.483.